The third kappa shape index (κ3) is 10.6. The van der Waals surface area contributed by atoms with Gasteiger partial charge in [0.05, 0.1) is 19.8 Å². The molecule has 1 saturated heterocycles. The van der Waals surface area contributed by atoms with Crippen molar-refractivity contribution in [3.05, 3.63) is 24.3 Å². The molecule has 0 N–H and O–H groups in total. The Hall–Kier alpha value is -1.83. The molecule has 1 rings (SSSR count). The minimum Gasteiger partial charge on any atom is -0.466 e. The van der Waals surface area contributed by atoms with Gasteiger partial charge in [0.1, 0.15) is 0 Å². The van der Waals surface area contributed by atoms with Gasteiger partial charge in [-0.3, -0.25) is 0 Å². The Kier molecular flexibility index (Phi) is 7.72. The Morgan fingerprint density at radius 3 is 2.14 bits per heavy atom. The van der Waals surface area contributed by atoms with Crippen molar-refractivity contribution in [3.63, 3.8) is 0 Å². The van der Waals surface area contributed by atoms with Gasteiger partial charge in [-0.15, -0.1) is 0 Å². The van der Waals surface area contributed by atoms with E-state index in [9.17, 15) is 22.8 Å². The molecule has 120 valence electrons. The lowest BCUT2D eigenvalue weighted by Gasteiger charge is -2.06. The van der Waals surface area contributed by atoms with Crippen molar-refractivity contribution in [2.24, 2.45) is 0 Å². The average molecular weight is 310 g/mol. The summed E-state index contributed by atoms with van der Waals surface area (Å²) in [5.74, 6) is -1.36. The number of halogens is 3. The number of carbonyl (C=O) groups excluding carboxylic acids is 2. The minimum atomic E-state index is -4.47. The van der Waals surface area contributed by atoms with Crippen molar-refractivity contribution >= 4 is 11.9 Å². The van der Waals surface area contributed by atoms with E-state index in [0.29, 0.717) is 12.0 Å². The number of rotatable bonds is 5. The first kappa shape index (κ1) is 19.2. The van der Waals surface area contributed by atoms with Gasteiger partial charge < -0.3 is 14.2 Å². The second-order valence-corrected chi connectivity index (χ2v) is 4.23. The molecule has 0 aromatic heterocycles. The fourth-order valence-corrected chi connectivity index (χ4v) is 0.959. The highest BCUT2D eigenvalue weighted by atomic mass is 19.4. The van der Waals surface area contributed by atoms with E-state index in [1.807, 2.05) is 0 Å². The molecule has 0 aromatic rings. The van der Waals surface area contributed by atoms with E-state index in [1.165, 1.54) is 14.0 Å². The van der Waals surface area contributed by atoms with Gasteiger partial charge in [-0.25, -0.2) is 9.59 Å². The van der Waals surface area contributed by atoms with E-state index >= 15 is 0 Å². The number of methoxy groups -OCH3 is 1. The number of hydrogen-bond acceptors (Lipinski definition) is 5. The van der Waals surface area contributed by atoms with Gasteiger partial charge in [0, 0.05) is 17.6 Å². The molecular weight excluding hydrogens is 293 g/mol. The molecule has 0 bridgehead atoms. The third-order valence-electron chi connectivity index (χ3n) is 2.07. The van der Waals surface area contributed by atoms with Gasteiger partial charge in [-0.05, 0) is 6.92 Å². The van der Waals surface area contributed by atoms with Crippen LogP contribution >= 0.6 is 0 Å². The van der Waals surface area contributed by atoms with E-state index in [1.54, 1.807) is 0 Å². The van der Waals surface area contributed by atoms with Crippen LogP contribution in [0.25, 0.3) is 0 Å². The summed E-state index contributed by atoms with van der Waals surface area (Å²) in [6.07, 6.45) is -3.65. The van der Waals surface area contributed by atoms with E-state index in [2.05, 4.69) is 22.6 Å². The molecule has 0 radical (unpaired) electrons. The molecule has 0 amide bonds. The van der Waals surface area contributed by atoms with Crippen molar-refractivity contribution in [3.8, 4) is 0 Å². The van der Waals surface area contributed by atoms with Crippen LogP contribution in [-0.4, -0.2) is 44.5 Å². The van der Waals surface area contributed by atoms with E-state index in [0.717, 1.165) is 6.61 Å². The lowest BCUT2D eigenvalue weighted by Crippen LogP contribution is -2.20. The maximum absolute atomic E-state index is 11.4. The smallest absolute Gasteiger partial charge is 0.422 e. The molecule has 1 aliphatic rings. The molecule has 21 heavy (non-hydrogen) atoms. The number of hydrogen-bond donors (Lipinski definition) is 0. The summed E-state index contributed by atoms with van der Waals surface area (Å²) in [7, 11) is 1.35. The first-order valence-corrected chi connectivity index (χ1v) is 5.84. The molecule has 1 aliphatic heterocycles. The third-order valence-corrected chi connectivity index (χ3v) is 2.07. The predicted molar refractivity (Wildman–Crippen MR) is 67.3 cm³/mol. The summed E-state index contributed by atoms with van der Waals surface area (Å²) in [6, 6.07) is 0. The largest absolute Gasteiger partial charge is 0.466 e. The summed E-state index contributed by atoms with van der Waals surface area (Å²) in [4.78, 5) is 21.1. The van der Waals surface area contributed by atoms with Gasteiger partial charge >= 0.3 is 18.1 Å². The summed E-state index contributed by atoms with van der Waals surface area (Å²) in [5.41, 5.74) is 0.444. The second kappa shape index (κ2) is 8.46. The molecule has 8 heteroatoms. The van der Waals surface area contributed by atoms with Crippen LogP contribution in [0.2, 0.25) is 0 Å². The summed E-state index contributed by atoms with van der Waals surface area (Å²) in [5, 5.41) is 0. The number of esters is 2. The quantitative estimate of drug-likeness (QED) is 0.442. The van der Waals surface area contributed by atoms with Gasteiger partial charge in [0.25, 0.3) is 0 Å². The Labute approximate surface area is 120 Å². The molecule has 1 heterocycles. The van der Waals surface area contributed by atoms with Crippen LogP contribution in [0, 0.1) is 0 Å². The van der Waals surface area contributed by atoms with Crippen molar-refractivity contribution in [2.75, 3.05) is 20.3 Å². The Morgan fingerprint density at radius 1 is 1.29 bits per heavy atom. The Bertz CT molecular complexity index is 411. The zero-order valence-corrected chi connectivity index (χ0v) is 11.8. The van der Waals surface area contributed by atoms with Gasteiger partial charge in [0.2, 0.25) is 0 Å². The zero-order chi connectivity index (χ0) is 16.6. The highest BCUT2D eigenvalue weighted by Gasteiger charge is 2.29. The van der Waals surface area contributed by atoms with E-state index in [-0.39, 0.29) is 17.6 Å². The molecule has 0 spiro atoms. The maximum Gasteiger partial charge on any atom is 0.422 e. The molecule has 5 nitrogen and oxygen atoms in total. The van der Waals surface area contributed by atoms with Crippen LogP contribution in [0.5, 0.6) is 0 Å². The van der Waals surface area contributed by atoms with Crippen molar-refractivity contribution < 1.29 is 37.0 Å². The van der Waals surface area contributed by atoms with Crippen LogP contribution in [-0.2, 0) is 23.8 Å². The average Bonchev–Trinajstić information content (AvgIpc) is 3.18. The lowest BCUT2D eigenvalue weighted by atomic mass is 10.2. The summed E-state index contributed by atoms with van der Waals surface area (Å²) in [6.45, 7) is 7.13. The maximum atomic E-state index is 11.4. The number of alkyl halides is 3. The van der Waals surface area contributed by atoms with Crippen molar-refractivity contribution in [2.45, 2.75) is 25.6 Å². The fourth-order valence-electron chi connectivity index (χ4n) is 0.959. The fraction of sp³-hybridized carbons (Fsp3) is 0.538. The minimum absolute atomic E-state index is 0.0470. The van der Waals surface area contributed by atoms with Gasteiger partial charge in [0.15, 0.2) is 6.61 Å². The van der Waals surface area contributed by atoms with Crippen LogP contribution < -0.4 is 0 Å². The summed E-state index contributed by atoms with van der Waals surface area (Å²) >= 11 is 0. The van der Waals surface area contributed by atoms with E-state index in [4.69, 9.17) is 4.74 Å². The Morgan fingerprint density at radius 2 is 1.81 bits per heavy atom. The standard InChI is InChI=1S/C7H10O3.C6H7F3O2/c1-5(7(8)9-2)3-6-4-10-6;1-4(2)5(10)11-3-6(7,8)9/h6H,1,3-4H2,2H3;1,3H2,2H3. The molecule has 0 saturated carbocycles. The molecule has 1 fully saturated rings. The van der Waals surface area contributed by atoms with Crippen LogP contribution in [0.3, 0.4) is 0 Å². The second-order valence-electron chi connectivity index (χ2n) is 4.23. The SMILES string of the molecule is C=C(C)C(=O)OCC(F)(F)F.C=C(CC1CO1)C(=O)OC. The van der Waals surface area contributed by atoms with Crippen LogP contribution in [0.1, 0.15) is 13.3 Å². The van der Waals surface area contributed by atoms with Crippen molar-refractivity contribution in [1.82, 2.24) is 0 Å². The first-order valence-electron chi connectivity index (χ1n) is 5.84. The highest BCUT2D eigenvalue weighted by Crippen LogP contribution is 2.18. The van der Waals surface area contributed by atoms with Crippen molar-refractivity contribution in [1.29, 1.82) is 0 Å². The number of epoxide rings is 1. The Balaban J connectivity index is 0.000000382. The van der Waals surface area contributed by atoms with Crippen LogP contribution in [0.15, 0.2) is 24.3 Å². The first-order chi connectivity index (χ1) is 9.56. The molecule has 1 atom stereocenters. The summed E-state index contributed by atoms with van der Waals surface area (Å²) < 4.78 is 47.3. The molecule has 1 unspecified atom stereocenters. The van der Waals surface area contributed by atoms with Gasteiger partial charge in [-0.1, -0.05) is 13.2 Å². The van der Waals surface area contributed by atoms with Crippen LogP contribution in [0.4, 0.5) is 13.2 Å². The topological polar surface area (TPSA) is 65.1 Å². The predicted octanol–water partition coefficient (Wildman–Crippen LogP) is 2.17. The molecule has 0 aliphatic carbocycles. The number of carbonyl (C=O) groups is 2. The van der Waals surface area contributed by atoms with Gasteiger partial charge in [-0.2, -0.15) is 13.2 Å². The highest BCUT2D eigenvalue weighted by molar-refractivity contribution is 5.87. The monoisotopic (exact) mass is 310 g/mol. The van der Waals surface area contributed by atoms with E-state index < -0.39 is 18.8 Å². The molecule has 0 aromatic carbocycles. The zero-order valence-electron chi connectivity index (χ0n) is 11.8. The lowest BCUT2D eigenvalue weighted by molar-refractivity contribution is -0.183. The number of ether oxygens (including phenoxy) is 3. The molecular formula is C13H17F3O5. The normalized spacial score (nSPS) is 16.1.